The molecule has 2 rings (SSSR count). The third kappa shape index (κ3) is 4.15. The summed E-state index contributed by atoms with van der Waals surface area (Å²) in [4.78, 5) is 23.8. The van der Waals surface area contributed by atoms with Crippen LogP contribution in [-0.2, 0) is 16.0 Å². The van der Waals surface area contributed by atoms with Gasteiger partial charge in [0, 0.05) is 19.8 Å². The van der Waals surface area contributed by atoms with Crippen molar-refractivity contribution in [2.75, 3.05) is 11.9 Å². The number of aromatic nitrogens is 2. The predicted molar refractivity (Wildman–Crippen MR) is 78.4 cm³/mol. The molecule has 1 amide bonds. The maximum atomic E-state index is 12.0. The molecule has 116 valence electrons. The van der Waals surface area contributed by atoms with Gasteiger partial charge in [-0.3, -0.25) is 4.79 Å². The summed E-state index contributed by atoms with van der Waals surface area (Å²) in [5, 5.41) is 10.2. The third-order valence-corrected chi connectivity index (χ3v) is 2.83. The van der Waals surface area contributed by atoms with Crippen molar-refractivity contribution in [2.24, 2.45) is 0 Å². The van der Waals surface area contributed by atoms with Crippen LogP contribution >= 0.6 is 0 Å². The van der Waals surface area contributed by atoms with Crippen molar-refractivity contribution in [1.29, 1.82) is 0 Å². The number of nitrogens with one attached hydrogen (secondary N) is 1. The zero-order valence-corrected chi connectivity index (χ0v) is 12.5. The van der Waals surface area contributed by atoms with Gasteiger partial charge < -0.3 is 14.5 Å². The number of benzene rings is 1. The lowest BCUT2D eigenvalue weighted by atomic mass is 10.1. The highest BCUT2D eigenvalue weighted by molar-refractivity contribution is 6.01. The van der Waals surface area contributed by atoms with Gasteiger partial charge in [-0.25, -0.2) is 4.79 Å². The molecule has 1 N–H and O–H groups in total. The van der Waals surface area contributed by atoms with E-state index in [-0.39, 0.29) is 18.9 Å². The van der Waals surface area contributed by atoms with E-state index in [9.17, 15) is 9.59 Å². The molecule has 0 spiro atoms. The third-order valence-electron chi connectivity index (χ3n) is 2.83. The van der Waals surface area contributed by atoms with Gasteiger partial charge in [0.25, 0.3) is 0 Å². The van der Waals surface area contributed by atoms with Crippen LogP contribution < -0.4 is 5.32 Å². The van der Waals surface area contributed by atoms with Crippen molar-refractivity contribution in [2.45, 2.75) is 26.7 Å². The highest BCUT2D eigenvalue weighted by atomic mass is 16.5. The number of anilines is 1. The maximum absolute atomic E-state index is 12.0. The van der Waals surface area contributed by atoms with Crippen LogP contribution in [0, 0.1) is 6.92 Å². The number of rotatable bonds is 6. The van der Waals surface area contributed by atoms with E-state index in [1.165, 1.54) is 0 Å². The second kappa shape index (κ2) is 7.35. The lowest BCUT2D eigenvalue weighted by Gasteiger charge is -2.09. The zero-order chi connectivity index (χ0) is 15.9. The minimum absolute atomic E-state index is 0.179. The van der Waals surface area contributed by atoms with Gasteiger partial charge in [-0.15, -0.1) is 10.2 Å². The molecule has 0 saturated heterocycles. The molecule has 7 nitrogen and oxygen atoms in total. The predicted octanol–water partition coefficient (Wildman–Crippen LogP) is 2.13. The highest BCUT2D eigenvalue weighted by Gasteiger charge is 2.14. The monoisotopic (exact) mass is 303 g/mol. The van der Waals surface area contributed by atoms with Crippen molar-refractivity contribution in [3.05, 3.63) is 41.6 Å². The summed E-state index contributed by atoms with van der Waals surface area (Å²) in [5.41, 5.74) is 0.749. The molecule has 0 saturated carbocycles. The Bertz CT molecular complexity index is 666. The number of hydrogen-bond donors (Lipinski definition) is 1. The van der Waals surface area contributed by atoms with Gasteiger partial charge in [0.15, 0.2) is 0 Å². The largest absolute Gasteiger partial charge is 0.462 e. The second-order valence-electron chi connectivity index (χ2n) is 4.53. The van der Waals surface area contributed by atoms with Crippen LogP contribution in [0.3, 0.4) is 0 Å². The fraction of sp³-hybridized carbons (Fsp3) is 0.333. The summed E-state index contributed by atoms with van der Waals surface area (Å²) >= 11 is 0. The van der Waals surface area contributed by atoms with Crippen molar-refractivity contribution >= 4 is 17.6 Å². The van der Waals surface area contributed by atoms with Gasteiger partial charge in [-0.05, 0) is 19.1 Å². The average Bonchev–Trinajstić information content (AvgIpc) is 2.91. The number of hydrogen-bond acceptors (Lipinski definition) is 6. The highest BCUT2D eigenvalue weighted by Crippen LogP contribution is 2.16. The summed E-state index contributed by atoms with van der Waals surface area (Å²) in [5.74, 6) is 0.160. The molecule has 22 heavy (non-hydrogen) atoms. The van der Waals surface area contributed by atoms with Crippen molar-refractivity contribution in [3.63, 3.8) is 0 Å². The van der Waals surface area contributed by atoms with Crippen LogP contribution in [0.2, 0.25) is 0 Å². The topological polar surface area (TPSA) is 94.3 Å². The van der Waals surface area contributed by atoms with Crippen LogP contribution in [-0.4, -0.2) is 28.7 Å². The second-order valence-corrected chi connectivity index (χ2v) is 4.53. The number of para-hydroxylation sites is 1. The number of carbonyl (C=O) groups excluding carboxylic acids is 2. The standard InChI is InChI=1S/C15H17N3O4/c1-3-21-15(20)11-6-4-5-7-12(11)16-13(19)8-9-14-18-17-10(2)22-14/h4-7H,3,8-9H2,1-2H3,(H,16,19). The van der Waals surface area contributed by atoms with Crippen molar-refractivity contribution in [1.82, 2.24) is 10.2 Å². The van der Waals surface area contributed by atoms with Gasteiger partial charge in [0.05, 0.1) is 17.9 Å². The number of esters is 1. The number of nitrogens with zero attached hydrogens (tertiary/aromatic N) is 2. The van der Waals surface area contributed by atoms with E-state index in [0.29, 0.717) is 29.5 Å². The van der Waals surface area contributed by atoms with Crippen molar-refractivity contribution < 1.29 is 18.7 Å². The Morgan fingerprint density at radius 3 is 2.73 bits per heavy atom. The summed E-state index contributed by atoms with van der Waals surface area (Å²) in [7, 11) is 0. The molecule has 0 atom stereocenters. The Kier molecular flexibility index (Phi) is 5.24. The molecule has 1 aromatic carbocycles. The normalized spacial score (nSPS) is 10.3. The van der Waals surface area contributed by atoms with Gasteiger partial charge in [-0.2, -0.15) is 0 Å². The van der Waals surface area contributed by atoms with Crippen LogP contribution in [0.4, 0.5) is 5.69 Å². The Hall–Kier alpha value is -2.70. The molecule has 0 unspecified atom stereocenters. The first-order valence-electron chi connectivity index (χ1n) is 6.95. The minimum atomic E-state index is -0.467. The molecule has 1 aromatic heterocycles. The van der Waals surface area contributed by atoms with E-state index in [1.807, 2.05) is 0 Å². The van der Waals surface area contributed by atoms with E-state index < -0.39 is 5.97 Å². The lowest BCUT2D eigenvalue weighted by molar-refractivity contribution is -0.116. The molecule has 0 aliphatic carbocycles. The SMILES string of the molecule is CCOC(=O)c1ccccc1NC(=O)CCc1nnc(C)o1. The van der Waals surface area contributed by atoms with Gasteiger partial charge in [0.2, 0.25) is 17.7 Å². The number of amides is 1. The molecule has 7 heteroatoms. The number of ether oxygens (including phenoxy) is 1. The first kappa shape index (κ1) is 15.7. The van der Waals surface area contributed by atoms with E-state index in [1.54, 1.807) is 38.1 Å². The lowest BCUT2D eigenvalue weighted by Crippen LogP contribution is -2.16. The fourth-order valence-corrected chi connectivity index (χ4v) is 1.85. The summed E-state index contributed by atoms with van der Waals surface area (Å²) in [6, 6.07) is 6.71. The van der Waals surface area contributed by atoms with E-state index in [4.69, 9.17) is 9.15 Å². The maximum Gasteiger partial charge on any atom is 0.340 e. The summed E-state index contributed by atoms with van der Waals surface area (Å²) < 4.78 is 10.2. The average molecular weight is 303 g/mol. The van der Waals surface area contributed by atoms with E-state index in [0.717, 1.165) is 0 Å². The van der Waals surface area contributed by atoms with E-state index >= 15 is 0 Å². The van der Waals surface area contributed by atoms with Gasteiger partial charge >= 0.3 is 5.97 Å². The fourth-order valence-electron chi connectivity index (χ4n) is 1.85. The van der Waals surface area contributed by atoms with Crippen LogP contribution in [0.15, 0.2) is 28.7 Å². The molecule has 0 fully saturated rings. The van der Waals surface area contributed by atoms with Gasteiger partial charge in [-0.1, -0.05) is 12.1 Å². The van der Waals surface area contributed by atoms with Gasteiger partial charge in [0.1, 0.15) is 0 Å². The smallest absolute Gasteiger partial charge is 0.340 e. The molecule has 2 aromatic rings. The van der Waals surface area contributed by atoms with E-state index in [2.05, 4.69) is 15.5 Å². The van der Waals surface area contributed by atoms with Crippen LogP contribution in [0.1, 0.15) is 35.5 Å². The Morgan fingerprint density at radius 2 is 2.05 bits per heavy atom. The summed E-state index contributed by atoms with van der Waals surface area (Å²) in [6.45, 7) is 3.69. The Balaban J connectivity index is 1.97. The molecule has 0 aliphatic heterocycles. The first-order valence-corrected chi connectivity index (χ1v) is 6.95. The number of carbonyl (C=O) groups is 2. The molecular formula is C15H17N3O4. The first-order chi connectivity index (χ1) is 10.6. The molecule has 0 radical (unpaired) electrons. The van der Waals surface area contributed by atoms with Crippen LogP contribution in [0.25, 0.3) is 0 Å². The van der Waals surface area contributed by atoms with Crippen molar-refractivity contribution in [3.8, 4) is 0 Å². The molecule has 0 bridgehead atoms. The van der Waals surface area contributed by atoms with Crippen LogP contribution in [0.5, 0.6) is 0 Å². The summed E-state index contributed by atoms with van der Waals surface area (Å²) in [6.07, 6.45) is 0.521. The molecular weight excluding hydrogens is 286 g/mol. The minimum Gasteiger partial charge on any atom is -0.462 e. The quantitative estimate of drug-likeness (QED) is 0.821. The number of aryl methyl sites for hydroxylation is 2. The Morgan fingerprint density at radius 1 is 1.27 bits per heavy atom. The molecule has 1 heterocycles. The zero-order valence-electron chi connectivity index (χ0n) is 12.5. The molecule has 0 aliphatic rings. The Labute approximate surface area is 127 Å².